The van der Waals surface area contributed by atoms with Crippen LogP contribution in [0.2, 0.25) is 0 Å². The van der Waals surface area contributed by atoms with Gasteiger partial charge in [-0.25, -0.2) is 14.4 Å². The van der Waals surface area contributed by atoms with E-state index in [4.69, 9.17) is 9.97 Å². The fourth-order valence-corrected chi connectivity index (χ4v) is 5.60. The second kappa shape index (κ2) is 8.03. The van der Waals surface area contributed by atoms with E-state index in [1.165, 1.54) is 6.07 Å². The van der Waals surface area contributed by atoms with Crippen LogP contribution < -0.4 is 0 Å². The number of ketones is 1. The summed E-state index contributed by atoms with van der Waals surface area (Å²) >= 11 is 0. The number of hydrogen-bond acceptors (Lipinski definition) is 5. The number of para-hydroxylation sites is 1. The molecule has 2 aromatic heterocycles. The highest BCUT2D eigenvalue weighted by Crippen LogP contribution is 2.48. The Bertz CT molecular complexity index is 1710. The molecule has 0 bridgehead atoms. The molecule has 1 unspecified atom stereocenters. The van der Waals surface area contributed by atoms with Crippen LogP contribution in [0, 0.1) is 17.1 Å². The highest BCUT2D eigenvalue weighted by Gasteiger charge is 2.43. The zero-order valence-electron chi connectivity index (χ0n) is 19.8. The summed E-state index contributed by atoms with van der Waals surface area (Å²) in [5.74, 6) is -0.148. The average molecular weight is 473 g/mol. The summed E-state index contributed by atoms with van der Waals surface area (Å²) in [6.45, 7) is 3.77. The fraction of sp³-hybridized carbons (Fsp3) is 0.167. The van der Waals surface area contributed by atoms with Crippen LogP contribution in [0.3, 0.4) is 0 Å². The molecule has 0 saturated carbocycles. The van der Waals surface area contributed by atoms with Crippen molar-refractivity contribution < 1.29 is 9.18 Å². The summed E-state index contributed by atoms with van der Waals surface area (Å²) in [5.41, 5.74) is 4.93. The SMILES string of the molecule is CC1=C2CCc3c(-c4ccccc4F)nc(-c4ccnc5ccccc45)nc3C2(C)C=C(C#N)C1=O. The van der Waals surface area contributed by atoms with Crippen LogP contribution in [-0.4, -0.2) is 20.7 Å². The molecule has 2 aliphatic carbocycles. The molecule has 0 N–H and O–H groups in total. The molecule has 0 aliphatic heterocycles. The van der Waals surface area contributed by atoms with Crippen molar-refractivity contribution >= 4 is 16.7 Å². The number of allylic oxidation sites excluding steroid dienone is 4. The van der Waals surface area contributed by atoms with Crippen LogP contribution in [0.5, 0.6) is 0 Å². The Morgan fingerprint density at radius 1 is 1.00 bits per heavy atom. The van der Waals surface area contributed by atoms with Crippen LogP contribution in [0.4, 0.5) is 4.39 Å². The number of carbonyl (C=O) groups excluding carboxylic acids is 1. The van der Waals surface area contributed by atoms with Crippen LogP contribution in [0.25, 0.3) is 33.5 Å². The van der Waals surface area contributed by atoms with E-state index in [1.807, 2.05) is 37.3 Å². The molecule has 5 nitrogen and oxygen atoms in total. The van der Waals surface area contributed by atoms with E-state index in [0.29, 0.717) is 41.2 Å². The molecule has 0 amide bonds. The molecule has 0 saturated heterocycles. The summed E-state index contributed by atoms with van der Waals surface area (Å²) in [4.78, 5) is 27.3. The normalized spacial score (nSPS) is 18.9. The second-order valence-corrected chi connectivity index (χ2v) is 9.38. The third-order valence-corrected chi connectivity index (χ3v) is 7.36. The van der Waals surface area contributed by atoms with Gasteiger partial charge in [-0.2, -0.15) is 5.26 Å². The van der Waals surface area contributed by atoms with Gasteiger partial charge in [0.25, 0.3) is 0 Å². The predicted octanol–water partition coefficient (Wildman–Crippen LogP) is 6.05. The van der Waals surface area contributed by atoms with Gasteiger partial charge in [0.1, 0.15) is 11.9 Å². The van der Waals surface area contributed by atoms with Crippen molar-refractivity contribution in [3.8, 4) is 28.7 Å². The second-order valence-electron chi connectivity index (χ2n) is 9.38. The van der Waals surface area contributed by atoms with Gasteiger partial charge >= 0.3 is 0 Å². The number of rotatable bonds is 2. The first-order valence-electron chi connectivity index (χ1n) is 11.8. The minimum atomic E-state index is -0.781. The van der Waals surface area contributed by atoms with E-state index in [-0.39, 0.29) is 17.2 Å². The van der Waals surface area contributed by atoms with Crippen molar-refractivity contribution in [3.05, 3.63) is 101 Å². The Kier molecular flexibility index (Phi) is 4.90. The van der Waals surface area contributed by atoms with Crippen LogP contribution in [-0.2, 0) is 16.6 Å². The number of pyridine rings is 1. The molecule has 2 aliphatic rings. The van der Waals surface area contributed by atoms with Crippen molar-refractivity contribution in [2.45, 2.75) is 32.1 Å². The Hall–Kier alpha value is -4.50. The van der Waals surface area contributed by atoms with Gasteiger partial charge in [-0.15, -0.1) is 0 Å². The van der Waals surface area contributed by atoms with Gasteiger partial charge in [0.2, 0.25) is 0 Å². The van der Waals surface area contributed by atoms with Gasteiger partial charge in [0.05, 0.1) is 27.9 Å². The number of aromatic nitrogens is 3. The number of fused-ring (bicyclic) bond motifs is 4. The number of hydrogen-bond donors (Lipinski definition) is 0. The Labute approximate surface area is 207 Å². The molecule has 0 radical (unpaired) electrons. The summed E-state index contributed by atoms with van der Waals surface area (Å²) in [5, 5.41) is 10.6. The standard InChI is InChI=1S/C30H21FN4O/c1-17-23-12-11-22-26(21-8-3-5-9-24(21)31)34-29(20-13-14-33-25-10-6-4-7-19(20)25)35-28(22)30(23,2)15-18(16-32)27(17)36/h3-10,13-15H,11-12H2,1-2H3. The summed E-state index contributed by atoms with van der Waals surface area (Å²) < 4.78 is 15.1. The Balaban J connectivity index is 1.72. The van der Waals surface area contributed by atoms with Crippen LogP contribution >= 0.6 is 0 Å². The monoisotopic (exact) mass is 472 g/mol. The summed E-state index contributed by atoms with van der Waals surface area (Å²) in [6, 6.07) is 18.3. The van der Waals surface area contributed by atoms with Crippen molar-refractivity contribution in [1.82, 2.24) is 15.0 Å². The van der Waals surface area contributed by atoms with Crippen molar-refractivity contribution in [2.24, 2.45) is 0 Å². The molecule has 0 fully saturated rings. The molecule has 0 spiro atoms. The largest absolute Gasteiger partial charge is 0.288 e. The molecule has 6 rings (SSSR count). The quantitative estimate of drug-likeness (QED) is 0.355. The van der Waals surface area contributed by atoms with Gasteiger partial charge in [0, 0.05) is 28.3 Å². The first-order valence-corrected chi connectivity index (χ1v) is 11.8. The zero-order chi connectivity index (χ0) is 25.0. The van der Waals surface area contributed by atoms with Gasteiger partial charge in [-0.1, -0.05) is 30.3 Å². The number of Topliss-reactive ketones (excluding diaryl/α,β-unsaturated/α-hetero) is 1. The van der Waals surface area contributed by atoms with E-state index in [0.717, 1.165) is 27.6 Å². The molecule has 174 valence electrons. The van der Waals surface area contributed by atoms with Gasteiger partial charge in [0.15, 0.2) is 11.6 Å². The van der Waals surface area contributed by atoms with Crippen molar-refractivity contribution in [3.63, 3.8) is 0 Å². The third kappa shape index (κ3) is 3.13. The van der Waals surface area contributed by atoms with E-state index >= 15 is 4.39 Å². The van der Waals surface area contributed by atoms with Crippen molar-refractivity contribution in [2.75, 3.05) is 0 Å². The third-order valence-electron chi connectivity index (χ3n) is 7.36. The smallest absolute Gasteiger partial charge is 0.198 e. The maximum absolute atomic E-state index is 15.1. The maximum atomic E-state index is 15.1. The van der Waals surface area contributed by atoms with E-state index < -0.39 is 5.41 Å². The van der Waals surface area contributed by atoms with E-state index in [9.17, 15) is 10.1 Å². The predicted molar refractivity (Wildman–Crippen MR) is 135 cm³/mol. The van der Waals surface area contributed by atoms with E-state index in [2.05, 4.69) is 11.1 Å². The lowest BCUT2D eigenvalue weighted by Gasteiger charge is -2.39. The minimum absolute atomic E-state index is 0.105. The number of halogens is 1. The van der Waals surface area contributed by atoms with Crippen LogP contribution in [0.1, 0.15) is 31.5 Å². The topological polar surface area (TPSA) is 79.5 Å². The number of nitriles is 1. The summed E-state index contributed by atoms with van der Waals surface area (Å²) in [6.07, 6.45) is 4.62. The highest BCUT2D eigenvalue weighted by atomic mass is 19.1. The number of carbonyl (C=O) groups is 1. The maximum Gasteiger partial charge on any atom is 0.198 e. The highest BCUT2D eigenvalue weighted by molar-refractivity contribution is 6.12. The van der Waals surface area contributed by atoms with Crippen molar-refractivity contribution in [1.29, 1.82) is 5.26 Å². The Morgan fingerprint density at radius 3 is 2.58 bits per heavy atom. The molecule has 36 heavy (non-hydrogen) atoms. The molecule has 4 aromatic rings. The lowest BCUT2D eigenvalue weighted by molar-refractivity contribution is -0.112. The first kappa shape index (κ1) is 22.0. The van der Waals surface area contributed by atoms with E-state index in [1.54, 1.807) is 37.4 Å². The fourth-order valence-electron chi connectivity index (χ4n) is 5.60. The lowest BCUT2D eigenvalue weighted by atomic mass is 9.64. The summed E-state index contributed by atoms with van der Waals surface area (Å²) in [7, 11) is 0. The molecular weight excluding hydrogens is 451 g/mol. The van der Waals surface area contributed by atoms with Gasteiger partial charge < -0.3 is 0 Å². The van der Waals surface area contributed by atoms with Gasteiger partial charge in [-0.3, -0.25) is 9.78 Å². The van der Waals surface area contributed by atoms with Gasteiger partial charge in [-0.05, 0) is 68.2 Å². The Morgan fingerprint density at radius 2 is 1.78 bits per heavy atom. The number of nitrogens with zero attached hydrogens (tertiary/aromatic N) is 4. The zero-order valence-corrected chi connectivity index (χ0v) is 19.8. The molecule has 6 heteroatoms. The minimum Gasteiger partial charge on any atom is -0.288 e. The van der Waals surface area contributed by atoms with Crippen LogP contribution in [0.15, 0.2) is 83.6 Å². The molecule has 2 aromatic carbocycles. The average Bonchev–Trinajstić information content (AvgIpc) is 2.90. The molecular formula is C30H21FN4O. The molecule has 1 atom stereocenters. The lowest BCUT2D eigenvalue weighted by Crippen LogP contribution is -2.36. The molecule has 2 heterocycles. The number of benzene rings is 2. The first-order chi connectivity index (χ1) is 17.4.